The summed E-state index contributed by atoms with van der Waals surface area (Å²) in [5.74, 6) is 0. The third-order valence-electron chi connectivity index (χ3n) is 4.69. The number of likely N-dealkylation sites (N-methyl/N-ethyl adjacent to an activating group) is 1. The normalized spacial score (nSPS) is 18.0. The first kappa shape index (κ1) is 17.0. The van der Waals surface area contributed by atoms with Crippen LogP contribution in [-0.2, 0) is 12.8 Å². The van der Waals surface area contributed by atoms with Gasteiger partial charge in [-0.3, -0.25) is 0 Å². The van der Waals surface area contributed by atoms with Gasteiger partial charge < -0.3 is 15.5 Å². The number of hydrogen-bond donors (Lipinski definition) is 2. The molecule has 2 N–H and O–H groups in total. The molecular weight excluding hydrogens is 318 g/mol. The summed E-state index contributed by atoms with van der Waals surface area (Å²) in [6, 6.07) is 11.0. The van der Waals surface area contributed by atoms with Gasteiger partial charge in [-0.15, -0.1) is 0 Å². The van der Waals surface area contributed by atoms with E-state index in [1.165, 1.54) is 16.7 Å². The summed E-state index contributed by atoms with van der Waals surface area (Å²) in [5.41, 5.74) is 4.02. The highest BCUT2D eigenvalue weighted by Gasteiger charge is 2.21. The molecule has 128 valence electrons. The fourth-order valence-electron chi connectivity index (χ4n) is 3.31. The SMILES string of the molecule is CN(C)[C@@H](CNC(=O)N[C@@H]1CCc2ccccc2C1)c1ccsc1. The fourth-order valence-corrected chi connectivity index (χ4v) is 4.02. The highest BCUT2D eigenvalue weighted by molar-refractivity contribution is 7.07. The van der Waals surface area contributed by atoms with Crippen LogP contribution in [0.1, 0.15) is 29.2 Å². The predicted molar refractivity (Wildman–Crippen MR) is 99.5 cm³/mol. The van der Waals surface area contributed by atoms with Crippen molar-refractivity contribution in [3.63, 3.8) is 0 Å². The van der Waals surface area contributed by atoms with Crippen LogP contribution in [0.15, 0.2) is 41.1 Å². The highest BCUT2D eigenvalue weighted by Crippen LogP contribution is 2.21. The zero-order valence-corrected chi connectivity index (χ0v) is 15.1. The van der Waals surface area contributed by atoms with Gasteiger partial charge in [0.2, 0.25) is 0 Å². The van der Waals surface area contributed by atoms with Gasteiger partial charge >= 0.3 is 6.03 Å². The van der Waals surface area contributed by atoms with E-state index in [0.29, 0.717) is 6.54 Å². The molecule has 0 spiro atoms. The second kappa shape index (κ2) is 7.81. The fraction of sp³-hybridized carbons (Fsp3) is 0.421. The lowest BCUT2D eigenvalue weighted by atomic mass is 9.88. The van der Waals surface area contributed by atoms with Crippen molar-refractivity contribution >= 4 is 17.4 Å². The highest BCUT2D eigenvalue weighted by atomic mass is 32.1. The quantitative estimate of drug-likeness (QED) is 0.875. The summed E-state index contributed by atoms with van der Waals surface area (Å²) < 4.78 is 0. The molecule has 0 saturated carbocycles. The number of aryl methyl sites for hydroxylation is 1. The van der Waals surface area contributed by atoms with E-state index in [2.05, 4.69) is 56.6 Å². The van der Waals surface area contributed by atoms with Crippen LogP contribution in [0.5, 0.6) is 0 Å². The third kappa shape index (κ3) is 4.16. The maximum atomic E-state index is 12.3. The van der Waals surface area contributed by atoms with Gasteiger partial charge in [0.1, 0.15) is 0 Å². The van der Waals surface area contributed by atoms with E-state index in [1.807, 2.05) is 14.1 Å². The number of hydrogen-bond acceptors (Lipinski definition) is 3. The van der Waals surface area contributed by atoms with Crippen LogP contribution in [0.3, 0.4) is 0 Å². The van der Waals surface area contributed by atoms with Crippen molar-refractivity contribution in [2.45, 2.75) is 31.3 Å². The van der Waals surface area contributed by atoms with Gasteiger partial charge in [-0.25, -0.2) is 4.79 Å². The number of nitrogens with zero attached hydrogens (tertiary/aromatic N) is 1. The minimum Gasteiger partial charge on any atom is -0.336 e. The summed E-state index contributed by atoms with van der Waals surface area (Å²) >= 11 is 1.69. The Balaban J connectivity index is 1.51. The van der Waals surface area contributed by atoms with Crippen molar-refractivity contribution in [2.75, 3.05) is 20.6 Å². The van der Waals surface area contributed by atoms with Gasteiger partial charge in [0, 0.05) is 12.6 Å². The van der Waals surface area contributed by atoms with Crippen molar-refractivity contribution in [2.24, 2.45) is 0 Å². The van der Waals surface area contributed by atoms with E-state index < -0.39 is 0 Å². The molecule has 1 aliphatic rings. The van der Waals surface area contributed by atoms with Crippen molar-refractivity contribution in [3.05, 3.63) is 57.8 Å². The molecule has 2 atom stereocenters. The molecule has 2 aromatic rings. The Bertz CT molecular complexity index is 669. The summed E-state index contributed by atoms with van der Waals surface area (Å²) in [4.78, 5) is 14.4. The zero-order valence-electron chi connectivity index (χ0n) is 14.3. The average molecular weight is 343 g/mol. The number of urea groups is 1. The van der Waals surface area contributed by atoms with Gasteiger partial charge in [-0.2, -0.15) is 11.3 Å². The Morgan fingerprint density at radius 1 is 1.29 bits per heavy atom. The molecule has 0 radical (unpaired) electrons. The van der Waals surface area contributed by atoms with Crippen LogP contribution in [0, 0.1) is 0 Å². The topological polar surface area (TPSA) is 44.4 Å². The molecule has 0 fully saturated rings. The van der Waals surface area contributed by atoms with Crippen LogP contribution in [-0.4, -0.2) is 37.6 Å². The minimum absolute atomic E-state index is 0.0681. The van der Waals surface area contributed by atoms with E-state index >= 15 is 0 Å². The van der Waals surface area contributed by atoms with Crippen LogP contribution < -0.4 is 10.6 Å². The molecule has 5 heteroatoms. The Morgan fingerprint density at radius 2 is 2.08 bits per heavy atom. The van der Waals surface area contributed by atoms with Gasteiger partial charge in [0.05, 0.1) is 6.04 Å². The summed E-state index contributed by atoms with van der Waals surface area (Å²) in [7, 11) is 4.08. The van der Waals surface area contributed by atoms with Crippen LogP contribution in [0.4, 0.5) is 4.79 Å². The first-order valence-electron chi connectivity index (χ1n) is 8.43. The molecular formula is C19H25N3OS. The number of nitrogens with one attached hydrogen (secondary N) is 2. The maximum Gasteiger partial charge on any atom is 0.315 e. The molecule has 4 nitrogen and oxygen atoms in total. The van der Waals surface area contributed by atoms with E-state index in [1.54, 1.807) is 11.3 Å². The smallest absolute Gasteiger partial charge is 0.315 e. The van der Waals surface area contributed by atoms with E-state index in [-0.39, 0.29) is 18.1 Å². The van der Waals surface area contributed by atoms with Crippen molar-refractivity contribution in [3.8, 4) is 0 Å². The van der Waals surface area contributed by atoms with Gasteiger partial charge in [-0.05, 0) is 66.9 Å². The Hall–Kier alpha value is -1.85. The standard InChI is InChI=1S/C19H25N3OS/c1-22(2)18(16-9-10-24-13-16)12-20-19(23)21-17-8-7-14-5-3-4-6-15(14)11-17/h3-6,9-10,13,17-18H,7-8,11-12H2,1-2H3,(H2,20,21,23)/t17-,18+/m1/s1. The number of benzene rings is 1. The van der Waals surface area contributed by atoms with Crippen molar-refractivity contribution < 1.29 is 4.79 Å². The molecule has 1 aromatic carbocycles. The third-order valence-corrected chi connectivity index (χ3v) is 5.39. The lowest BCUT2D eigenvalue weighted by Gasteiger charge is -2.27. The maximum absolute atomic E-state index is 12.3. The number of carbonyl (C=O) groups excluding carboxylic acids is 1. The molecule has 24 heavy (non-hydrogen) atoms. The zero-order chi connectivity index (χ0) is 16.9. The van der Waals surface area contributed by atoms with E-state index in [4.69, 9.17) is 0 Å². The second-order valence-electron chi connectivity index (χ2n) is 6.60. The first-order chi connectivity index (χ1) is 11.6. The average Bonchev–Trinajstić information content (AvgIpc) is 3.09. The van der Waals surface area contributed by atoms with Gasteiger partial charge in [0.25, 0.3) is 0 Å². The molecule has 3 rings (SSSR count). The molecule has 0 aliphatic heterocycles. The number of rotatable bonds is 5. The molecule has 0 unspecified atom stereocenters. The Kier molecular flexibility index (Phi) is 5.53. The minimum atomic E-state index is -0.0681. The Morgan fingerprint density at radius 3 is 2.79 bits per heavy atom. The number of carbonyl (C=O) groups is 1. The monoisotopic (exact) mass is 343 g/mol. The summed E-state index contributed by atoms with van der Waals surface area (Å²) in [6.45, 7) is 0.610. The number of amides is 2. The van der Waals surface area contributed by atoms with Gasteiger partial charge in [-0.1, -0.05) is 24.3 Å². The molecule has 0 saturated heterocycles. The van der Waals surface area contributed by atoms with Crippen LogP contribution >= 0.6 is 11.3 Å². The second-order valence-corrected chi connectivity index (χ2v) is 7.38. The predicted octanol–water partition coefficient (Wildman–Crippen LogP) is 3.21. The molecule has 1 heterocycles. The van der Waals surface area contributed by atoms with Crippen LogP contribution in [0.2, 0.25) is 0 Å². The lowest BCUT2D eigenvalue weighted by Crippen LogP contribution is -2.46. The summed E-state index contributed by atoms with van der Waals surface area (Å²) in [5, 5.41) is 10.4. The number of fused-ring (bicyclic) bond motifs is 1. The Labute approximate surface area is 147 Å². The van der Waals surface area contributed by atoms with Crippen molar-refractivity contribution in [1.82, 2.24) is 15.5 Å². The number of thiophene rings is 1. The molecule has 0 bridgehead atoms. The van der Waals surface area contributed by atoms with E-state index in [9.17, 15) is 4.79 Å². The van der Waals surface area contributed by atoms with Gasteiger partial charge in [0.15, 0.2) is 0 Å². The largest absolute Gasteiger partial charge is 0.336 e. The first-order valence-corrected chi connectivity index (χ1v) is 9.37. The lowest BCUT2D eigenvalue weighted by molar-refractivity contribution is 0.228. The van der Waals surface area contributed by atoms with E-state index in [0.717, 1.165) is 19.3 Å². The molecule has 2 amide bonds. The summed E-state index contributed by atoms with van der Waals surface area (Å²) in [6.07, 6.45) is 2.97. The molecule has 1 aromatic heterocycles. The van der Waals surface area contributed by atoms with Crippen LogP contribution in [0.25, 0.3) is 0 Å². The molecule has 1 aliphatic carbocycles. The van der Waals surface area contributed by atoms with Crippen molar-refractivity contribution in [1.29, 1.82) is 0 Å².